The molecule has 0 aliphatic carbocycles. The van der Waals surface area contributed by atoms with E-state index in [0.717, 1.165) is 23.3 Å². The van der Waals surface area contributed by atoms with E-state index in [1.165, 1.54) is 12.1 Å². The lowest BCUT2D eigenvalue weighted by atomic mass is 9.97. The molecule has 9 heteroatoms. The molecule has 1 aromatic heterocycles. The minimum atomic E-state index is -4.50. The molecule has 0 unspecified atom stereocenters. The average Bonchev–Trinajstić information content (AvgIpc) is 2.90. The Morgan fingerprint density at radius 2 is 1.78 bits per heavy atom. The van der Waals surface area contributed by atoms with Gasteiger partial charge < -0.3 is 14.4 Å². The Labute approximate surface area is 205 Å². The molecule has 0 N–H and O–H groups in total. The molecule has 6 nitrogen and oxygen atoms in total. The van der Waals surface area contributed by atoms with Crippen LogP contribution in [0.15, 0.2) is 60.7 Å². The van der Waals surface area contributed by atoms with Crippen molar-refractivity contribution in [1.29, 1.82) is 0 Å². The summed E-state index contributed by atoms with van der Waals surface area (Å²) in [5, 5.41) is 0.538. The van der Waals surface area contributed by atoms with Gasteiger partial charge in [0.25, 0.3) is 5.91 Å². The van der Waals surface area contributed by atoms with E-state index in [2.05, 4.69) is 9.97 Å². The van der Waals surface area contributed by atoms with Crippen molar-refractivity contribution in [2.75, 3.05) is 20.8 Å². The molecule has 4 aromatic rings. The second-order valence-corrected chi connectivity index (χ2v) is 8.41. The summed E-state index contributed by atoms with van der Waals surface area (Å²) in [6.45, 7) is 0.762. The number of para-hydroxylation sites is 1. The smallest absolute Gasteiger partial charge is 0.416 e. The molecule has 1 amide bonds. The molecule has 0 radical (unpaired) electrons. The van der Waals surface area contributed by atoms with Crippen LogP contribution in [-0.4, -0.2) is 41.5 Å². The Balaban J connectivity index is 1.55. The molecule has 1 aliphatic heterocycles. The van der Waals surface area contributed by atoms with Gasteiger partial charge in [-0.25, -0.2) is 9.97 Å². The van der Waals surface area contributed by atoms with Crippen molar-refractivity contribution in [3.05, 3.63) is 83.0 Å². The number of rotatable bonds is 4. The number of carbonyl (C=O) groups is 1. The molecule has 1 aliphatic rings. The maximum absolute atomic E-state index is 13.7. The fourth-order valence-electron chi connectivity index (χ4n) is 4.51. The second kappa shape index (κ2) is 9.14. The van der Waals surface area contributed by atoms with Crippen molar-refractivity contribution in [2.45, 2.75) is 19.1 Å². The van der Waals surface area contributed by atoms with E-state index in [-0.39, 0.29) is 23.0 Å². The predicted molar refractivity (Wildman–Crippen MR) is 128 cm³/mol. The van der Waals surface area contributed by atoms with E-state index in [0.29, 0.717) is 41.9 Å². The van der Waals surface area contributed by atoms with Crippen LogP contribution in [0.4, 0.5) is 13.2 Å². The molecule has 36 heavy (non-hydrogen) atoms. The lowest BCUT2D eigenvalue weighted by molar-refractivity contribution is -0.137. The van der Waals surface area contributed by atoms with E-state index in [1.54, 1.807) is 49.5 Å². The third-order valence-electron chi connectivity index (χ3n) is 6.28. The second-order valence-electron chi connectivity index (χ2n) is 8.41. The number of hydrogen-bond donors (Lipinski definition) is 0. The standard InChI is InChI=1S/C27H22F3N3O3/c1-35-22-11-10-17-15-33(13-12-19(17)24(22)36-2)26(34)23-20-8-3-4-9-21(20)31-25(32-23)16-6-5-7-18(14-16)27(28,29)30/h3-11,14H,12-13,15H2,1-2H3. The first-order chi connectivity index (χ1) is 17.3. The molecule has 0 atom stereocenters. The summed E-state index contributed by atoms with van der Waals surface area (Å²) < 4.78 is 50.8. The summed E-state index contributed by atoms with van der Waals surface area (Å²) in [5.41, 5.74) is 1.93. The van der Waals surface area contributed by atoms with Crippen LogP contribution in [0.5, 0.6) is 11.5 Å². The monoisotopic (exact) mass is 493 g/mol. The van der Waals surface area contributed by atoms with Crippen LogP contribution in [0.2, 0.25) is 0 Å². The van der Waals surface area contributed by atoms with Gasteiger partial charge in [-0.3, -0.25) is 4.79 Å². The van der Waals surface area contributed by atoms with Crippen LogP contribution in [0.3, 0.4) is 0 Å². The van der Waals surface area contributed by atoms with E-state index in [4.69, 9.17) is 9.47 Å². The van der Waals surface area contributed by atoms with Gasteiger partial charge in [0.05, 0.1) is 25.3 Å². The van der Waals surface area contributed by atoms with E-state index >= 15 is 0 Å². The van der Waals surface area contributed by atoms with Gasteiger partial charge in [0.1, 0.15) is 5.69 Å². The van der Waals surface area contributed by atoms with Gasteiger partial charge in [0.15, 0.2) is 17.3 Å². The molecule has 0 saturated carbocycles. The summed E-state index contributed by atoms with van der Waals surface area (Å²) in [4.78, 5) is 24.3. The Morgan fingerprint density at radius 3 is 2.53 bits per heavy atom. The number of ether oxygens (including phenoxy) is 2. The van der Waals surface area contributed by atoms with Gasteiger partial charge in [-0.15, -0.1) is 0 Å². The van der Waals surface area contributed by atoms with E-state index in [9.17, 15) is 18.0 Å². The normalized spacial score (nSPS) is 13.4. The topological polar surface area (TPSA) is 64.6 Å². The van der Waals surface area contributed by atoms with Crippen molar-refractivity contribution < 1.29 is 27.4 Å². The SMILES string of the molecule is COc1ccc2c(c1OC)CCN(C(=O)c1nc(-c3cccc(C(F)(F)F)c3)nc3ccccc13)C2. The minimum Gasteiger partial charge on any atom is -0.493 e. The predicted octanol–water partition coefficient (Wildman–Crippen LogP) is 5.53. The minimum absolute atomic E-state index is 0.0620. The quantitative estimate of drug-likeness (QED) is 0.374. The number of halogens is 3. The van der Waals surface area contributed by atoms with Crippen LogP contribution in [0.1, 0.15) is 27.2 Å². The maximum atomic E-state index is 13.7. The number of nitrogens with zero attached hydrogens (tertiary/aromatic N) is 3. The third kappa shape index (κ3) is 4.21. The number of amides is 1. The molecule has 0 bridgehead atoms. The summed E-state index contributed by atoms with van der Waals surface area (Å²) in [6, 6.07) is 15.5. The summed E-state index contributed by atoms with van der Waals surface area (Å²) in [5.74, 6) is 1.03. The number of benzene rings is 3. The Bertz CT molecular complexity index is 1470. The molecule has 2 heterocycles. The number of hydrogen-bond acceptors (Lipinski definition) is 5. The Morgan fingerprint density at radius 1 is 0.972 bits per heavy atom. The molecule has 0 fully saturated rings. The van der Waals surface area contributed by atoms with Gasteiger partial charge in [0, 0.05) is 29.6 Å². The highest BCUT2D eigenvalue weighted by atomic mass is 19.4. The van der Waals surface area contributed by atoms with E-state index in [1.807, 2.05) is 6.07 Å². The first-order valence-corrected chi connectivity index (χ1v) is 11.3. The number of fused-ring (bicyclic) bond motifs is 2. The van der Waals surface area contributed by atoms with Crippen molar-refractivity contribution in [1.82, 2.24) is 14.9 Å². The first-order valence-electron chi connectivity index (χ1n) is 11.3. The maximum Gasteiger partial charge on any atom is 0.416 e. The van der Waals surface area contributed by atoms with Gasteiger partial charge in [-0.05, 0) is 36.2 Å². The zero-order valence-corrected chi connectivity index (χ0v) is 19.6. The number of aromatic nitrogens is 2. The van der Waals surface area contributed by atoms with Gasteiger partial charge in [-0.1, -0.05) is 36.4 Å². The lowest BCUT2D eigenvalue weighted by Gasteiger charge is -2.30. The van der Waals surface area contributed by atoms with Gasteiger partial charge in [-0.2, -0.15) is 13.2 Å². The van der Waals surface area contributed by atoms with Crippen LogP contribution in [-0.2, 0) is 19.1 Å². The average molecular weight is 493 g/mol. The molecule has 3 aromatic carbocycles. The van der Waals surface area contributed by atoms with E-state index < -0.39 is 11.7 Å². The lowest BCUT2D eigenvalue weighted by Crippen LogP contribution is -2.36. The highest BCUT2D eigenvalue weighted by Crippen LogP contribution is 2.37. The zero-order chi connectivity index (χ0) is 25.4. The van der Waals surface area contributed by atoms with Crippen LogP contribution in [0.25, 0.3) is 22.3 Å². The fraction of sp³-hybridized carbons (Fsp3) is 0.222. The summed E-state index contributed by atoms with van der Waals surface area (Å²) >= 11 is 0. The van der Waals surface area contributed by atoms with Gasteiger partial charge >= 0.3 is 6.18 Å². The van der Waals surface area contributed by atoms with Crippen LogP contribution >= 0.6 is 0 Å². The number of alkyl halides is 3. The molecule has 5 rings (SSSR count). The van der Waals surface area contributed by atoms with Crippen molar-refractivity contribution in [3.8, 4) is 22.9 Å². The summed E-state index contributed by atoms with van der Waals surface area (Å²) in [7, 11) is 3.16. The van der Waals surface area contributed by atoms with Crippen molar-refractivity contribution in [3.63, 3.8) is 0 Å². The number of carbonyl (C=O) groups excluding carboxylic acids is 1. The fourth-order valence-corrected chi connectivity index (χ4v) is 4.51. The summed E-state index contributed by atoms with van der Waals surface area (Å²) in [6.07, 6.45) is -3.94. The first kappa shape index (κ1) is 23.6. The number of methoxy groups -OCH3 is 2. The highest BCUT2D eigenvalue weighted by molar-refractivity contribution is 6.05. The molecule has 0 saturated heterocycles. The van der Waals surface area contributed by atoms with Gasteiger partial charge in [0.2, 0.25) is 0 Å². The Hall–Kier alpha value is -4.14. The largest absolute Gasteiger partial charge is 0.493 e. The van der Waals surface area contributed by atoms with Crippen LogP contribution < -0.4 is 9.47 Å². The Kier molecular flexibility index (Phi) is 5.99. The van der Waals surface area contributed by atoms with Crippen molar-refractivity contribution in [2.24, 2.45) is 0 Å². The molecular formula is C27H22F3N3O3. The molecule has 0 spiro atoms. The van der Waals surface area contributed by atoms with Crippen LogP contribution in [0, 0.1) is 0 Å². The highest BCUT2D eigenvalue weighted by Gasteiger charge is 2.31. The molecule has 184 valence electrons. The molecular weight excluding hydrogens is 471 g/mol. The van der Waals surface area contributed by atoms with Crippen molar-refractivity contribution >= 4 is 16.8 Å². The third-order valence-corrected chi connectivity index (χ3v) is 6.28. The zero-order valence-electron chi connectivity index (χ0n) is 19.6.